The highest BCUT2D eigenvalue weighted by atomic mass is 79.9. The lowest BCUT2D eigenvalue weighted by atomic mass is 10.0. The zero-order chi connectivity index (χ0) is 12.8. The normalized spacial score (nSPS) is 16.9. The van der Waals surface area contributed by atoms with Gasteiger partial charge in [-0.15, -0.1) is 11.8 Å². The number of likely N-dealkylation sites (N-methyl/N-ethyl adjacent to an activating group) is 1. The average molecular weight is 328 g/mol. The second-order valence-corrected chi connectivity index (χ2v) is 6.17. The Balaban J connectivity index is 1.95. The van der Waals surface area contributed by atoms with Gasteiger partial charge in [0.05, 0.1) is 12.9 Å². The lowest BCUT2D eigenvalue weighted by Crippen LogP contribution is -2.31. The van der Waals surface area contributed by atoms with Crippen molar-refractivity contribution in [2.24, 2.45) is 0 Å². The number of hydrogen-bond acceptors (Lipinski definition) is 3. The van der Waals surface area contributed by atoms with Crippen LogP contribution in [0.15, 0.2) is 45.5 Å². The number of rotatable bonds is 5. The van der Waals surface area contributed by atoms with Gasteiger partial charge in [-0.1, -0.05) is 12.1 Å². The maximum atomic E-state index is 5.42. The highest BCUT2D eigenvalue weighted by Gasteiger charge is 2.16. The third-order valence-electron chi connectivity index (χ3n) is 3.00. The molecule has 0 saturated heterocycles. The third-order valence-corrected chi connectivity index (χ3v) is 5.12. The van der Waals surface area contributed by atoms with Crippen LogP contribution in [0.25, 0.3) is 0 Å². The summed E-state index contributed by atoms with van der Waals surface area (Å²) in [6.45, 7) is 0.858. The Kier molecular flexibility index (Phi) is 5.60. The van der Waals surface area contributed by atoms with E-state index in [0.717, 1.165) is 25.2 Å². The monoisotopic (exact) mass is 327 g/mol. The molecule has 18 heavy (non-hydrogen) atoms. The fourth-order valence-electron chi connectivity index (χ4n) is 1.95. The molecule has 0 bridgehead atoms. The third kappa shape index (κ3) is 3.77. The van der Waals surface area contributed by atoms with Crippen LogP contribution in [0.2, 0.25) is 0 Å². The van der Waals surface area contributed by atoms with E-state index in [1.165, 1.54) is 14.9 Å². The van der Waals surface area contributed by atoms with Gasteiger partial charge in [-0.25, -0.2) is 0 Å². The van der Waals surface area contributed by atoms with E-state index in [0.29, 0.717) is 6.04 Å². The largest absolute Gasteiger partial charge is 0.501 e. The summed E-state index contributed by atoms with van der Waals surface area (Å²) in [7, 11) is 2.01. The molecule has 98 valence electrons. The lowest BCUT2D eigenvalue weighted by molar-refractivity contribution is 0.221. The molecule has 4 heteroatoms. The van der Waals surface area contributed by atoms with Crippen LogP contribution in [0.5, 0.6) is 0 Å². The van der Waals surface area contributed by atoms with Gasteiger partial charge in [-0.2, -0.15) is 0 Å². The Bertz CT molecular complexity index is 422. The Morgan fingerprint density at radius 3 is 2.94 bits per heavy atom. The minimum absolute atomic E-state index is 0.391. The zero-order valence-electron chi connectivity index (χ0n) is 10.5. The molecule has 1 atom stereocenters. The lowest BCUT2D eigenvalue weighted by Gasteiger charge is -2.22. The first-order valence-corrected chi connectivity index (χ1v) is 7.94. The Hall–Kier alpha value is -0.450. The number of benzene rings is 1. The summed E-state index contributed by atoms with van der Waals surface area (Å²) >= 11 is 5.45. The van der Waals surface area contributed by atoms with Gasteiger partial charge in [-0.05, 0) is 53.5 Å². The minimum atomic E-state index is 0.391. The van der Waals surface area contributed by atoms with Crippen molar-refractivity contribution in [3.8, 4) is 0 Å². The topological polar surface area (TPSA) is 21.3 Å². The van der Waals surface area contributed by atoms with Gasteiger partial charge in [0.1, 0.15) is 0 Å². The summed E-state index contributed by atoms with van der Waals surface area (Å²) in [5, 5.41) is 3.38. The molecule has 0 radical (unpaired) electrons. The number of nitrogens with one attached hydrogen (secondary N) is 1. The summed E-state index contributed by atoms with van der Waals surface area (Å²) in [5.41, 5.74) is 1.38. The molecular formula is C14H18BrNOS. The Morgan fingerprint density at radius 1 is 1.44 bits per heavy atom. The molecule has 1 aliphatic heterocycles. The Labute approximate surface area is 121 Å². The molecule has 0 aliphatic carbocycles. The van der Waals surface area contributed by atoms with Gasteiger partial charge >= 0.3 is 0 Å². The summed E-state index contributed by atoms with van der Waals surface area (Å²) in [6, 6.07) is 8.74. The molecule has 1 aromatic rings. The number of thioether (sulfide) groups is 1. The number of ether oxygens (including phenoxy) is 1. The maximum absolute atomic E-state index is 5.42. The van der Waals surface area contributed by atoms with Crippen LogP contribution in [-0.4, -0.2) is 25.4 Å². The van der Waals surface area contributed by atoms with Gasteiger partial charge in [0.25, 0.3) is 0 Å². The van der Waals surface area contributed by atoms with Crippen LogP contribution in [0, 0.1) is 0 Å². The van der Waals surface area contributed by atoms with Crippen molar-refractivity contribution in [1.29, 1.82) is 0 Å². The van der Waals surface area contributed by atoms with Crippen LogP contribution in [0.4, 0.5) is 0 Å². The minimum Gasteiger partial charge on any atom is -0.501 e. The molecule has 0 aromatic heterocycles. The van der Waals surface area contributed by atoms with E-state index >= 15 is 0 Å². The van der Waals surface area contributed by atoms with E-state index in [-0.39, 0.29) is 0 Å². The van der Waals surface area contributed by atoms with Crippen molar-refractivity contribution in [2.75, 3.05) is 19.4 Å². The number of hydrogen-bond donors (Lipinski definition) is 1. The van der Waals surface area contributed by atoms with Gasteiger partial charge in [0.15, 0.2) is 0 Å². The predicted octanol–water partition coefficient (Wildman–Crippen LogP) is 3.82. The second-order valence-electron chi connectivity index (χ2n) is 4.25. The average Bonchev–Trinajstić information content (AvgIpc) is 2.42. The molecule has 0 spiro atoms. The predicted molar refractivity (Wildman–Crippen MR) is 81.0 cm³/mol. The van der Waals surface area contributed by atoms with Crippen molar-refractivity contribution >= 4 is 27.7 Å². The molecule has 0 saturated carbocycles. The highest BCUT2D eigenvalue weighted by Crippen LogP contribution is 2.29. The molecule has 1 heterocycles. The quantitative estimate of drug-likeness (QED) is 0.830. The molecule has 1 unspecified atom stereocenters. The number of halogens is 1. The fraction of sp³-hybridized carbons (Fsp3) is 0.429. The van der Waals surface area contributed by atoms with Crippen molar-refractivity contribution < 1.29 is 4.74 Å². The standard InChI is InChI=1S/C14H18BrNOS/c1-16-13(11-5-4-8-17-9-11)10-18-14-7-3-2-6-12(14)15/h2-3,6-7,9,13,16H,4-5,8,10H2,1H3. The van der Waals surface area contributed by atoms with Gasteiger partial charge < -0.3 is 10.1 Å². The Morgan fingerprint density at radius 2 is 2.28 bits per heavy atom. The second kappa shape index (κ2) is 7.22. The van der Waals surface area contributed by atoms with Crippen LogP contribution in [0.3, 0.4) is 0 Å². The summed E-state index contributed by atoms with van der Waals surface area (Å²) in [5.74, 6) is 1.02. The molecule has 0 fully saturated rings. The van der Waals surface area contributed by atoms with Crippen molar-refractivity contribution in [3.63, 3.8) is 0 Å². The van der Waals surface area contributed by atoms with Crippen LogP contribution in [0.1, 0.15) is 12.8 Å². The first-order valence-electron chi connectivity index (χ1n) is 6.16. The van der Waals surface area contributed by atoms with Crippen LogP contribution < -0.4 is 5.32 Å². The van der Waals surface area contributed by atoms with Crippen molar-refractivity contribution in [3.05, 3.63) is 40.6 Å². The summed E-state index contributed by atoms with van der Waals surface area (Å²) < 4.78 is 6.59. The van der Waals surface area contributed by atoms with E-state index in [4.69, 9.17) is 4.74 Å². The highest BCUT2D eigenvalue weighted by molar-refractivity contribution is 9.10. The van der Waals surface area contributed by atoms with Gasteiger partial charge in [0, 0.05) is 21.2 Å². The molecular weight excluding hydrogens is 310 g/mol. The first kappa shape index (κ1) is 14.0. The molecule has 2 rings (SSSR count). The molecule has 1 aliphatic rings. The van der Waals surface area contributed by atoms with E-state index in [1.54, 1.807) is 0 Å². The fourth-order valence-corrected chi connectivity index (χ4v) is 3.69. The summed E-state index contributed by atoms with van der Waals surface area (Å²) in [4.78, 5) is 1.29. The smallest absolute Gasteiger partial charge is 0.0876 e. The van der Waals surface area contributed by atoms with E-state index in [2.05, 4.69) is 39.4 Å². The molecule has 1 N–H and O–H groups in total. The van der Waals surface area contributed by atoms with E-state index in [1.807, 2.05) is 31.1 Å². The maximum Gasteiger partial charge on any atom is 0.0876 e. The van der Waals surface area contributed by atoms with Gasteiger partial charge in [-0.3, -0.25) is 0 Å². The van der Waals surface area contributed by atoms with E-state index in [9.17, 15) is 0 Å². The molecule has 1 aromatic carbocycles. The summed E-state index contributed by atoms with van der Waals surface area (Å²) in [6.07, 6.45) is 4.21. The van der Waals surface area contributed by atoms with E-state index < -0.39 is 0 Å². The first-order chi connectivity index (χ1) is 8.81. The zero-order valence-corrected chi connectivity index (χ0v) is 12.9. The van der Waals surface area contributed by atoms with Gasteiger partial charge in [0.2, 0.25) is 0 Å². The molecule has 2 nitrogen and oxygen atoms in total. The van der Waals surface area contributed by atoms with Crippen molar-refractivity contribution in [1.82, 2.24) is 5.32 Å². The molecule has 0 amide bonds. The van der Waals surface area contributed by atoms with Crippen LogP contribution in [-0.2, 0) is 4.74 Å². The SMILES string of the molecule is CNC(CSc1ccccc1Br)C1=COCCC1. The van der Waals surface area contributed by atoms with Crippen LogP contribution >= 0.6 is 27.7 Å². The van der Waals surface area contributed by atoms with Crippen molar-refractivity contribution in [2.45, 2.75) is 23.8 Å².